The van der Waals surface area contributed by atoms with E-state index in [1.807, 2.05) is 24.3 Å². The number of hydrogen-bond acceptors (Lipinski definition) is 5. The lowest BCUT2D eigenvalue weighted by Gasteiger charge is -2.22. The molecule has 0 saturated heterocycles. The maximum absolute atomic E-state index is 12.7. The molecule has 1 unspecified atom stereocenters. The van der Waals surface area contributed by atoms with Gasteiger partial charge in [0.25, 0.3) is 17.7 Å². The Bertz CT molecular complexity index is 1060. The normalized spacial score (nSPS) is 15.8. The number of fused-ring (bicyclic) bond motifs is 2. The summed E-state index contributed by atoms with van der Waals surface area (Å²) in [6.45, 7) is 1.35. The lowest BCUT2D eigenvalue weighted by molar-refractivity contribution is -0.154. The fraction of sp³-hybridized carbons (Fsp3) is 0.238. The van der Waals surface area contributed by atoms with E-state index < -0.39 is 30.4 Å². The van der Waals surface area contributed by atoms with Gasteiger partial charge >= 0.3 is 5.97 Å². The zero-order valence-electron chi connectivity index (χ0n) is 15.9. The summed E-state index contributed by atoms with van der Waals surface area (Å²) in [5, 5.41) is 0.261. The first-order chi connectivity index (χ1) is 14.3. The van der Waals surface area contributed by atoms with Crippen molar-refractivity contribution >= 4 is 52.6 Å². The van der Waals surface area contributed by atoms with Gasteiger partial charge in [-0.15, -0.1) is 0 Å². The van der Waals surface area contributed by atoms with Gasteiger partial charge in [-0.2, -0.15) is 0 Å². The molecule has 2 aromatic carbocycles. The number of amides is 3. The molecule has 30 heavy (non-hydrogen) atoms. The van der Waals surface area contributed by atoms with Crippen LogP contribution in [0.5, 0.6) is 0 Å². The molecular formula is C21H16Cl2N2O5. The van der Waals surface area contributed by atoms with Crippen molar-refractivity contribution in [1.29, 1.82) is 0 Å². The van der Waals surface area contributed by atoms with Crippen molar-refractivity contribution in [1.82, 2.24) is 4.90 Å². The number of carbonyl (C=O) groups excluding carboxylic acids is 4. The maximum Gasteiger partial charge on any atom is 0.326 e. The molecule has 0 radical (unpaired) electrons. The number of halogens is 2. The van der Waals surface area contributed by atoms with E-state index >= 15 is 0 Å². The Hall–Kier alpha value is -2.90. The monoisotopic (exact) mass is 446 g/mol. The summed E-state index contributed by atoms with van der Waals surface area (Å²) >= 11 is 11.8. The lowest BCUT2D eigenvalue weighted by atomic mass is 10.1. The highest BCUT2D eigenvalue weighted by Gasteiger charge is 2.38. The van der Waals surface area contributed by atoms with E-state index in [0.717, 1.165) is 22.6 Å². The largest absolute Gasteiger partial charge is 0.451 e. The number of benzene rings is 2. The molecule has 0 fully saturated rings. The van der Waals surface area contributed by atoms with Crippen LogP contribution < -0.4 is 4.90 Å². The molecule has 0 saturated carbocycles. The van der Waals surface area contributed by atoms with Gasteiger partial charge in [-0.1, -0.05) is 41.4 Å². The Kier molecular flexibility index (Phi) is 5.26. The third-order valence-electron chi connectivity index (χ3n) is 5.11. The van der Waals surface area contributed by atoms with Gasteiger partial charge < -0.3 is 9.64 Å². The Morgan fingerprint density at radius 3 is 2.30 bits per heavy atom. The molecule has 4 rings (SSSR count). The molecule has 0 aliphatic carbocycles. The van der Waals surface area contributed by atoms with Crippen molar-refractivity contribution in [3.05, 3.63) is 63.1 Å². The Morgan fingerprint density at radius 1 is 1.07 bits per heavy atom. The van der Waals surface area contributed by atoms with E-state index in [4.69, 9.17) is 27.9 Å². The highest BCUT2D eigenvalue weighted by atomic mass is 35.5. The molecule has 9 heteroatoms. The van der Waals surface area contributed by atoms with Gasteiger partial charge in [-0.25, -0.2) is 0 Å². The van der Waals surface area contributed by atoms with Crippen LogP contribution in [0.3, 0.4) is 0 Å². The molecule has 2 aliphatic heterocycles. The highest BCUT2D eigenvalue weighted by molar-refractivity contribution is 6.43. The topological polar surface area (TPSA) is 84.0 Å². The molecular weight excluding hydrogens is 431 g/mol. The molecule has 2 aliphatic rings. The van der Waals surface area contributed by atoms with Gasteiger partial charge in [0, 0.05) is 12.2 Å². The van der Waals surface area contributed by atoms with Crippen LogP contribution in [0.2, 0.25) is 10.0 Å². The quantitative estimate of drug-likeness (QED) is 0.532. The van der Waals surface area contributed by atoms with Crippen molar-refractivity contribution < 1.29 is 23.9 Å². The summed E-state index contributed by atoms with van der Waals surface area (Å²) in [5.74, 6) is -2.57. The second-order valence-electron chi connectivity index (χ2n) is 7.01. The van der Waals surface area contributed by atoms with E-state index in [9.17, 15) is 19.2 Å². The highest BCUT2D eigenvalue weighted by Crippen LogP contribution is 2.32. The molecule has 7 nitrogen and oxygen atoms in total. The zero-order valence-corrected chi connectivity index (χ0v) is 17.4. The third-order valence-corrected chi connectivity index (χ3v) is 5.83. The second kappa shape index (κ2) is 7.74. The van der Waals surface area contributed by atoms with E-state index in [1.54, 1.807) is 4.90 Å². The minimum atomic E-state index is -1.07. The van der Waals surface area contributed by atoms with Gasteiger partial charge in [0.15, 0.2) is 6.10 Å². The number of anilines is 1. The van der Waals surface area contributed by atoms with Crippen LogP contribution in [-0.4, -0.2) is 47.8 Å². The first kappa shape index (κ1) is 20.4. The van der Waals surface area contributed by atoms with Gasteiger partial charge in [0.2, 0.25) is 0 Å². The summed E-state index contributed by atoms with van der Waals surface area (Å²) in [5.41, 5.74) is 1.98. The molecule has 0 spiro atoms. The average Bonchev–Trinajstić information content (AvgIpc) is 3.24. The molecule has 154 valence electrons. The molecule has 1 atom stereocenters. The van der Waals surface area contributed by atoms with Crippen molar-refractivity contribution in [3.63, 3.8) is 0 Å². The molecule has 0 N–H and O–H groups in total. The van der Waals surface area contributed by atoms with Crippen LogP contribution in [0.25, 0.3) is 0 Å². The van der Waals surface area contributed by atoms with E-state index in [2.05, 4.69) is 0 Å². The van der Waals surface area contributed by atoms with Crippen molar-refractivity contribution in [2.75, 3.05) is 18.0 Å². The van der Waals surface area contributed by atoms with E-state index in [-0.39, 0.29) is 27.1 Å². The van der Waals surface area contributed by atoms with E-state index in [1.165, 1.54) is 19.1 Å². The van der Waals surface area contributed by atoms with Gasteiger partial charge in [0.1, 0.15) is 6.54 Å². The Labute approximate surface area is 182 Å². The Balaban J connectivity index is 1.42. The van der Waals surface area contributed by atoms with Crippen LogP contribution >= 0.6 is 23.2 Å². The standard InChI is InChI=1S/C21H16Cl2N2O5/c1-11(19(27)24-7-6-12-4-2-3-5-17(12)24)30-18(26)10-25-20(28)13-8-15(22)16(23)9-14(13)21(25)29/h2-5,8-9,11H,6-7,10H2,1H3. The molecule has 3 amide bonds. The van der Waals surface area contributed by atoms with Crippen LogP contribution in [0.1, 0.15) is 33.2 Å². The van der Waals surface area contributed by atoms with Crippen molar-refractivity contribution in [2.24, 2.45) is 0 Å². The molecule has 0 aromatic heterocycles. The average molecular weight is 447 g/mol. The van der Waals surface area contributed by atoms with Gasteiger partial charge in [0.05, 0.1) is 21.2 Å². The predicted octanol–water partition coefficient (Wildman–Crippen LogP) is 3.11. The lowest BCUT2D eigenvalue weighted by Crippen LogP contribution is -2.42. The maximum atomic E-state index is 12.7. The summed E-state index contributed by atoms with van der Waals surface area (Å²) in [4.78, 5) is 52.4. The van der Waals surface area contributed by atoms with Gasteiger partial charge in [-0.05, 0) is 37.1 Å². The smallest absolute Gasteiger partial charge is 0.326 e. The van der Waals surface area contributed by atoms with Crippen LogP contribution in [0.4, 0.5) is 5.69 Å². The fourth-order valence-electron chi connectivity index (χ4n) is 3.63. The van der Waals surface area contributed by atoms with Crippen LogP contribution in [0.15, 0.2) is 36.4 Å². The SMILES string of the molecule is CC(OC(=O)CN1C(=O)c2cc(Cl)c(Cl)cc2C1=O)C(=O)N1CCc2ccccc21. The molecule has 2 aromatic rings. The number of ether oxygens (including phenoxy) is 1. The number of rotatable bonds is 4. The third kappa shape index (κ3) is 3.44. The molecule has 0 bridgehead atoms. The zero-order chi connectivity index (χ0) is 21.6. The summed E-state index contributed by atoms with van der Waals surface area (Å²) < 4.78 is 5.22. The number of nitrogens with zero attached hydrogens (tertiary/aromatic N) is 2. The summed E-state index contributed by atoms with van der Waals surface area (Å²) in [6.07, 6.45) is -0.342. The minimum absolute atomic E-state index is 0.0694. The second-order valence-corrected chi connectivity index (χ2v) is 7.82. The van der Waals surface area contributed by atoms with Crippen LogP contribution in [-0.2, 0) is 20.7 Å². The van der Waals surface area contributed by atoms with Crippen molar-refractivity contribution in [3.8, 4) is 0 Å². The number of carbonyl (C=O) groups is 4. The first-order valence-corrected chi connectivity index (χ1v) is 9.97. The van der Waals surface area contributed by atoms with E-state index in [0.29, 0.717) is 6.54 Å². The first-order valence-electron chi connectivity index (χ1n) is 9.22. The molecule has 2 heterocycles. The summed E-state index contributed by atoms with van der Waals surface area (Å²) in [7, 11) is 0. The number of esters is 1. The number of para-hydroxylation sites is 1. The van der Waals surface area contributed by atoms with Crippen molar-refractivity contribution in [2.45, 2.75) is 19.4 Å². The fourth-order valence-corrected chi connectivity index (χ4v) is 3.96. The van der Waals surface area contributed by atoms with Gasteiger partial charge in [-0.3, -0.25) is 24.1 Å². The summed E-state index contributed by atoms with van der Waals surface area (Å²) in [6, 6.07) is 10.1. The predicted molar refractivity (Wildman–Crippen MR) is 110 cm³/mol. The number of hydrogen-bond donors (Lipinski definition) is 0. The number of imide groups is 1. The van der Waals surface area contributed by atoms with Crippen LogP contribution in [0, 0.1) is 0 Å². The minimum Gasteiger partial charge on any atom is -0.451 e. The Morgan fingerprint density at radius 2 is 1.67 bits per heavy atom.